The van der Waals surface area contributed by atoms with Crippen LogP contribution >= 0.6 is 11.6 Å². The molecule has 0 amide bonds. The van der Waals surface area contributed by atoms with E-state index in [2.05, 4.69) is 37.0 Å². The normalized spacial score (nSPS) is 11.6. The highest BCUT2D eigenvalue weighted by Gasteiger charge is 2.14. The molecule has 0 N–H and O–H groups in total. The highest BCUT2D eigenvalue weighted by Crippen LogP contribution is 2.25. The van der Waals surface area contributed by atoms with Gasteiger partial charge in [0, 0.05) is 12.3 Å². The Morgan fingerprint density at radius 2 is 1.95 bits per heavy atom. The van der Waals surface area contributed by atoms with Gasteiger partial charge in [-0.1, -0.05) is 32.9 Å². The van der Waals surface area contributed by atoms with Crippen molar-refractivity contribution in [3.05, 3.63) is 41.6 Å². The van der Waals surface area contributed by atoms with E-state index in [0.29, 0.717) is 24.1 Å². The van der Waals surface area contributed by atoms with E-state index >= 15 is 0 Å². The van der Waals surface area contributed by atoms with E-state index in [1.54, 1.807) is 0 Å². The van der Waals surface area contributed by atoms with Gasteiger partial charge in [-0.25, -0.2) is 0 Å². The van der Waals surface area contributed by atoms with Crippen LogP contribution in [0.4, 0.5) is 0 Å². The lowest BCUT2D eigenvalue weighted by atomic mass is 9.87. The first kappa shape index (κ1) is 15.8. The quantitative estimate of drug-likeness (QED) is 0.753. The molecule has 0 spiro atoms. The van der Waals surface area contributed by atoms with E-state index in [1.807, 2.05) is 18.2 Å². The number of rotatable bonds is 6. The molecule has 0 aliphatic rings. The van der Waals surface area contributed by atoms with Crippen LogP contribution in [0.3, 0.4) is 0 Å². The standard InChI is InChI=1S/C16H21ClN2O2/c1-16(2,3)12-6-4-7-13(10-12)20-11-15-19-18-14(21-15)8-5-9-17/h4,6-7,10H,5,8-9,11H2,1-3H3. The molecule has 0 saturated carbocycles. The van der Waals surface area contributed by atoms with Crippen molar-refractivity contribution in [2.45, 2.75) is 45.6 Å². The molecule has 2 rings (SSSR count). The molecule has 1 aromatic carbocycles. The van der Waals surface area contributed by atoms with Gasteiger partial charge in [0.2, 0.25) is 5.89 Å². The van der Waals surface area contributed by atoms with Gasteiger partial charge in [-0.05, 0) is 29.5 Å². The second-order valence-corrected chi connectivity index (χ2v) is 6.33. The first-order valence-electron chi connectivity index (χ1n) is 7.09. The van der Waals surface area contributed by atoms with Crippen molar-refractivity contribution in [1.29, 1.82) is 0 Å². The van der Waals surface area contributed by atoms with Crippen molar-refractivity contribution in [1.82, 2.24) is 10.2 Å². The van der Waals surface area contributed by atoms with Crippen LogP contribution < -0.4 is 4.74 Å². The van der Waals surface area contributed by atoms with Crippen LogP contribution in [0, 0.1) is 0 Å². The molecule has 0 aliphatic carbocycles. The van der Waals surface area contributed by atoms with E-state index in [-0.39, 0.29) is 12.0 Å². The fourth-order valence-corrected chi connectivity index (χ4v) is 2.00. The van der Waals surface area contributed by atoms with Crippen LogP contribution in [0.5, 0.6) is 5.75 Å². The predicted molar refractivity (Wildman–Crippen MR) is 82.8 cm³/mol. The average molecular weight is 309 g/mol. The summed E-state index contributed by atoms with van der Waals surface area (Å²) in [6.45, 7) is 6.80. The molecule has 2 aromatic rings. The van der Waals surface area contributed by atoms with Gasteiger partial charge >= 0.3 is 0 Å². The van der Waals surface area contributed by atoms with E-state index in [9.17, 15) is 0 Å². The molecule has 0 aliphatic heterocycles. The SMILES string of the molecule is CC(C)(C)c1cccc(OCc2nnc(CCCCl)o2)c1. The second kappa shape index (κ2) is 6.94. The van der Waals surface area contributed by atoms with Crippen LogP contribution in [0.25, 0.3) is 0 Å². The maximum atomic E-state index is 5.72. The molecule has 114 valence electrons. The smallest absolute Gasteiger partial charge is 0.253 e. The maximum absolute atomic E-state index is 5.72. The molecule has 0 radical (unpaired) electrons. The minimum atomic E-state index is 0.0958. The van der Waals surface area contributed by atoms with Gasteiger partial charge in [0.25, 0.3) is 5.89 Å². The van der Waals surface area contributed by atoms with Crippen molar-refractivity contribution in [2.75, 3.05) is 5.88 Å². The van der Waals surface area contributed by atoms with Crippen molar-refractivity contribution in [3.8, 4) is 5.75 Å². The van der Waals surface area contributed by atoms with Gasteiger partial charge in [-0.3, -0.25) is 0 Å². The molecule has 21 heavy (non-hydrogen) atoms. The van der Waals surface area contributed by atoms with Crippen LogP contribution in [0.1, 0.15) is 44.5 Å². The van der Waals surface area contributed by atoms with Crippen LogP contribution in [0.2, 0.25) is 0 Å². The van der Waals surface area contributed by atoms with Gasteiger partial charge < -0.3 is 9.15 Å². The summed E-state index contributed by atoms with van der Waals surface area (Å²) < 4.78 is 11.2. The number of benzene rings is 1. The third-order valence-corrected chi connectivity index (χ3v) is 3.36. The van der Waals surface area contributed by atoms with Gasteiger partial charge in [-0.15, -0.1) is 21.8 Å². The Bertz CT molecular complexity index is 576. The first-order chi connectivity index (χ1) is 9.99. The number of aromatic nitrogens is 2. The topological polar surface area (TPSA) is 48.2 Å². The van der Waals surface area contributed by atoms with Crippen LogP contribution in [-0.4, -0.2) is 16.1 Å². The highest BCUT2D eigenvalue weighted by atomic mass is 35.5. The summed E-state index contributed by atoms with van der Waals surface area (Å²) >= 11 is 5.64. The van der Waals surface area contributed by atoms with E-state index in [1.165, 1.54) is 5.56 Å². The molecular weight excluding hydrogens is 288 g/mol. The summed E-state index contributed by atoms with van der Waals surface area (Å²) in [6, 6.07) is 8.07. The lowest BCUT2D eigenvalue weighted by Crippen LogP contribution is -2.11. The molecule has 1 aromatic heterocycles. The number of alkyl halides is 1. The van der Waals surface area contributed by atoms with Gasteiger partial charge in [-0.2, -0.15) is 0 Å². The lowest BCUT2D eigenvalue weighted by molar-refractivity contribution is 0.258. The summed E-state index contributed by atoms with van der Waals surface area (Å²) in [5.41, 5.74) is 1.33. The third-order valence-electron chi connectivity index (χ3n) is 3.10. The maximum Gasteiger partial charge on any atom is 0.253 e. The van der Waals surface area contributed by atoms with Crippen molar-refractivity contribution >= 4 is 11.6 Å². The van der Waals surface area contributed by atoms with Gasteiger partial charge in [0.1, 0.15) is 5.75 Å². The number of hydrogen-bond acceptors (Lipinski definition) is 4. The third kappa shape index (κ3) is 4.74. The zero-order valence-electron chi connectivity index (χ0n) is 12.7. The molecule has 0 saturated heterocycles. The first-order valence-corrected chi connectivity index (χ1v) is 7.63. The zero-order chi connectivity index (χ0) is 15.3. The summed E-state index contributed by atoms with van der Waals surface area (Å²) in [5, 5.41) is 7.94. The molecule has 1 heterocycles. The number of ether oxygens (including phenoxy) is 1. The fourth-order valence-electron chi connectivity index (χ4n) is 1.86. The molecule has 0 fully saturated rings. The Balaban J connectivity index is 1.95. The summed E-state index contributed by atoms with van der Waals surface area (Å²) in [7, 11) is 0. The van der Waals surface area contributed by atoms with Crippen molar-refractivity contribution < 1.29 is 9.15 Å². The summed E-state index contributed by atoms with van der Waals surface area (Å²) in [6.07, 6.45) is 1.54. The predicted octanol–water partition coefficient (Wildman–Crippen LogP) is 4.12. The molecule has 4 nitrogen and oxygen atoms in total. The highest BCUT2D eigenvalue weighted by molar-refractivity contribution is 6.17. The summed E-state index contributed by atoms with van der Waals surface area (Å²) in [4.78, 5) is 0. The molecule has 0 bridgehead atoms. The van der Waals surface area contributed by atoms with E-state index in [4.69, 9.17) is 20.8 Å². The van der Waals surface area contributed by atoms with E-state index < -0.39 is 0 Å². The average Bonchev–Trinajstić information content (AvgIpc) is 2.90. The van der Waals surface area contributed by atoms with Crippen LogP contribution in [0.15, 0.2) is 28.7 Å². The largest absolute Gasteiger partial charge is 0.484 e. The lowest BCUT2D eigenvalue weighted by Gasteiger charge is -2.19. The Labute approximate surface area is 130 Å². The minimum absolute atomic E-state index is 0.0958. The molecule has 0 atom stereocenters. The van der Waals surface area contributed by atoms with Crippen LogP contribution in [-0.2, 0) is 18.4 Å². The summed E-state index contributed by atoms with van der Waals surface area (Å²) in [5.74, 6) is 2.50. The molecule has 5 heteroatoms. The molecule has 0 unspecified atom stereocenters. The molecular formula is C16H21ClN2O2. The van der Waals surface area contributed by atoms with E-state index in [0.717, 1.165) is 12.2 Å². The number of hydrogen-bond donors (Lipinski definition) is 0. The zero-order valence-corrected chi connectivity index (χ0v) is 13.5. The monoisotopic (exact) mass is 308 g/mol. The van der Waals surface area contributed by atoms with Gasteiger partial charge in [0.15, 0.2) is 6.61 Å². The Morgan fingerprint density at radius 3 is 2.67 bits per heavy atom. The minimum Gasteiger partial charge on any atom is -0.484 e. The van der Waals surface area contributed by atoms with Crippen molar-refractivity contribution in [2.24, 2.45) is 0 Å². The van der Waals surface area contributed by atoms with Crippen molar-refractivity contribution in [3.63, 3.8) is 0 Å². The fraction of sp³-hybridized carbons (Fsp3) is 0.500. The van der Waals surface area contributed by atoms with Gasteiger partial charge in [0.05, 0.1) is 0 Å². The number of aryl methyl sites for hydroxylation is 1. The number of halogens is 1. The second-order valence-electron chi connectivity index (χ2n) is 5.95. The number of nitrogens with zero attached hydrogens (tertiary/aromatic N) is 2. The Morgan fingerprint density at radius 1 is 1.19 bits per heavy atom. The Kier molecular flexibility index (Phi) is 5.23. The Hall–Kier alpha value is -1.55.